The van der Waals surface area contributed by atoms with E-state index in [2.05, 4.69) is 15.5 Å². The van der Waals surface area contributed by atoms with Gasteiger partial charge in [-0.2, -0.15) is 0 Å². The van der Waals surface area contributed by atoms with Crippen molar-refractivity contribution in [3.05, 3.63) is 29.7 Å². The molecule has 0 radical (unpaired) electrons. The number of aromatic nitrogens is 2. The molecule has 0 bridgehead atoms. The number of nitrogens with zero attached hydrogens (tertiary/aromatic N) is 2. The van der Waals surface area contributed by atoms with E-state index in [4.69, 9.17) is 10.3 Å². The zero-order valence-electron chi connectivity index (χ0n) is 11.3. The highest BCUT2D eigenvalue weighted by atomic mass is 16.5. The van der Waals surface area contributed by atoms with Crippen molar-refractivity contribution in [3.63, 3.8) is 0 Å². The maximum atomic E-state index is 11.4. The second-order valence-electron chi connectivity index (χ2n) is 4.30. The van der Waals surface area contributed by atoms with Gasteiger partial charge in [0.25, 0.3) is 0 Å². The summed E-state index contributed by atoms with van der Waals surface area (Å²) in [6.07, 6.45) is 2.61. The minimum absolute atomic E-state index is 0.0134. The minimum Gasteiger partial charge on any atom is -0.477 e. The molecular weight excluding hydrogens is 276 g/mol. The minimum atomic E-state index is -1.13. The van der Waals surface area contributed by atoms with Gasteiger partial charge in [-0.3, -0.25) is 4.98 Å². The average Bonchev–Trinajstić information content (AvgIpc) is 2.82. The predicted molar refractivity (Wildman–Crippen MR) is 73.9 cm³/mol. The van der Waals surface area contributed by atoms with Gasteiger partial charge in [0.05, 0.1) is 5.69 Å². The van der Waals surface area contributed by atoms with E-state index in [0.29, 0.717) is 17.9 Å². The summed E-state index contributed by atoms with van der Waals surface area (Å²) in [6, 6.07) is 2.28. The molecular formula is C13H14N4O4. The number of aromatic carboxylic acids is 1. The Hall–Kier alpha value is -2.90. The number of primary amides is 1. The van der Waals surface area contributed by atoms with Crippen molar-refractivity contribution in [1.29, 1.82) is 0 Å². The molecule has 110 valence electrons. The van der Waals surface area contributed by atoms with Crippen molar-refractivity contribution >= 4 is 17.7 Å². The molecule has 0 aliphatic carbocycles. The van der Waals surface area contributed by atoms with E-state index >= 15 is 0 Å². The highest BCUT2D eigenvalue weighted by Crippen LogP contribution is 2.26. The van der Waals surface area contributed by atoms with Crippen LogP contribution in [-0.2, 0) is 6.42 Å². The van der Waals surface area contributed by atoms with Gasteiger partial charge in [-0.25, -0.2) is 9.59 Å². The van der Waals surface area contributed by atoms with Crippen LogP contribution in [0.4, 0.5) is 10.5 Å². The Labute approximate surface area is 120 Å². The molecule has 0 unspecified atom stereocenters. The van der Waals surface area contributed by atoms with E-state index in [1.807, 2.05) is 6.92 Å². The summed E-state index contributed by atoms with van der Waals surface area (Å²) >= 11 is 0. The Morgan fingerprint density at radius 3 is 2.86 bits per heavy atom. The molecule has 8 heteroatoms. The van der Waals surface area contributed by atoms with Gasteiger partial charge in [0, 0.05) is 18.3 Å². The summed E-state index contributed by atoms with van der Waals surface area (Å²) in [4.78, 5) is 26.3. The Morgan fingerprint density at radius 1 is 1.48 bits per heavy atom. The van der Waals surface area contributed by atoms with Gasteiger partial charge in [-0.15, -0.1) is 0 Å². The number of hydrogen-bond donors (Lipinski definition) is 3. The van der Waals surface area contributed by atoms with Crippen LogP contribution in [0.15, 0.2) is 22.9 Å². The Kier molecular flexibility index (Phi) is 4.17. The second-order valence-corrected chi connectivity index (χ2v) is 4.30. The number of rotatable bonds is 5. The number of urea groups is 1. The molecule has 0 aromatic carbocycles. The van der Waals surface area contributed by atoms with Crippen LogP contribution in [0, 0.1) is 0 Å². The number of carbonyl (C=O) groups excluding carboxylic acids is 1. The van der Waals surface area contributed by atoms with Crippen LogP contribution in [-0.4, -0.2) is 27.2 Å². The van der Waals surface area contributed by atoms with Crippen LogP contribution >= 0.6 is 0 Å². The highest BCUT2D eigenvalue weighted by Gasteiger charge is 2.23. The van der Waals surface area contributed by atoms with Crippen LogP contribution in [0.25, 0.3) is 11.4 Å². The van der Waals surface area contributed by atoms with Crippen LogP contribution in [0.1, 0.15) is 29.5 Å². The van der Waals surface area contributed by atoms with E-state index < -0.39 is 12.0 Å². The fourth-order valence-corrected chi connectivity index (χ4v) is 1.90. The molecule has 0 saturated heterocycles. The van der Waals surface area contributed by atoms with E-state index in [1.165, 1.54) is 18.3 Å². The van der Waals surface area contributed by atoms with Crippen molar-refractivity contribution in [2.24, 2.45) is 5.73 Å². The highest BCUT2D eigenvalue weighted by molar-refractivity contribution is 5.96. The van der Waals surface area contributed by atoms with Crippen LogP contribution < -0.4 is 11.1 Å². The van der Waals surface area contributed by atoms with E-state index in [0.717, 1.165) is 6.42 Å². The first-order valence-electron chi connectivity index (χ1n) is 6.27. The lowest BCUT2D eigenvalue weighted by Crippen LogP contribution is -2.19. The van der Waals surface area contributed by atoms with E-state index in [1.54, 1.807) is 0 Å². The maximum absolute atomic E-state index is 11.4. The molecule has 0 aliphatic heterocycles. The third-order valence-electron chi connectivity index (χ3n) is 2.72. The molecule has 8 nitrogen and oxygen atoms in total. The van der Waals surface area contributed by atoms with Gasteiger partial charge in [0.1, 0.15) is 11.3 Å². The molecule has 2 amide bonds. The van der Waals surface area contributed by atoms with Crippen LogP contribution in [0.3, 0.4) is 0 Å². The standard InChI is InChI=1S/C13H14N4O4/c1-2-3-9-10(12(18)19)11(17-21-9)8-6-7(4-5-15-8)16-13(14)20/h4-6H,2-3H2,1H3,(H,18,19)(H3,14,15,16,20). The topological polar surface area (TPSA) is 131 Å². The molecule has 2 rings (SSSR count). The number of pyridine rings is 1. The zero-order chi connectivity index (χ0) is 15.4. The maximum Gasteiger partial charge on any atom is 0.341 e. The van der Waals surface area contributed by atoms with Gasteiger partial charge in [0.2, 0.25) is 0 Å². The number of carboxylic acid groups (broad SMARTS) is 1. The summed E-state index contributed by atoms with van der Waals surface area (Å²) in [6.45, 7) is 1.91. The molecule has 2 aromatic heterocycles. The van der Waals surface area contributed by atoms with Crippen molar-refractivity contribution in [2.75, 3.05) is 5.32 Å². The molecule has 21 heavy (non-hydrogen) atoms. The van der Waals surface area contributed by atoms with E-state index in [-0.39, 0.29) is 17.0 Å². The first-order chi connectivity index (χ1) is 10.0. The Balaban J connectivity index is 2.46. The normalized spacial score (nSPS) is 10.3. The summed E-state index contributed by atoms with van der Waals surface area (Å²) in [5.74, 6) is -0.833. The van der Waals surface area contributed by atoms with Crippen LogP contribution in [0.5, 0.6) is 0 Å². The fourth-order valence-electron chi connectivity index (χ4n) is 1.90. The molecule has 2 heterocycles. The summed E-state index contributed by atoms with van der Waals surface area (Å²) in [5.41, 5.74) is 5.82. The lowest BCUT2D eigenvalue weighted by Gasteiger charge is -2.03. The third kappa shape index (κ3) is 3.16. The number of nitrogens with two attached hydrogens (primary N) is 1. The largest absolute Gasteiger partial charge is 0.477 e. The fraction of sp³-hybridized carbons (Fsp3) is 0.231. The lowest BCUT2D eigenvalue weighted by atomic mass is 10.1. The number of carbonyl (C=O) groups is 2. The monoisotopic (exact) mass is 290 g/mol. The summed E-state index contributed by atoms with van der Waals surface area (Å²) in [5, 5.41) is 15.5. The first kappa shape index (κ1) is 14.5. The SMILES string of the molecule is CCCc1onc(-c2cc(NC(N)=O)ccn2)c1C(=O)O. The average molecular weight is 290 g/mol. The van der Waals surface area contributed by atoms with Gasteiger partial charge >= 0.3 is 12.0 Å². The van der Waals surface area contributed by atoms with Crippen molar-refractivity contribution in [2.45, 2.75) is 19.8 Å². The van der Waals surface area contributed by atoms with Gasteiger partial charge in [-0.05, 0) is 18.6 Å². The molecule has 2 aromatic rings. The van der Waals surface area contributed by atoms with Gasteiger partial charge in [0.15, 0.2) is 5.76 Å². The quantitative estimate of drug-likeness (QED) is 0.770. The molecule has 0 aliphatic rings. The molecule has 0 atom stereocenters. The summed E-state index contributed by atoms with van der Waals surface area (Å²) in [7, 11) is 0. The van der Waals surface area contributed by atoms with Crippen molar-refractivity contribution < 1.29 is 19.2 Å². The van der Waals surface area contributed by atoms with Crippen molar-refractivity contribution in [1.82, 2.24) is 10.1 Å². The van der Waals surface area contributed by atoms with Gasteiger partial charge in [-0.1, -0.05) is 12.1 Å². The summed E-state index contributed by atoms with van der Waals surface area (Å²) < 4.78 is 5.09. The third-order valence-corrected chi connectivity index (χ3v) is 2.72. The smallest absolute Gasteiger partial charge is 0.341 e. The van der Waals surface area contributed by atoms with Crippen molar-refractivity contribution in [3.8, 4) is 11.4 Å². The number of aryl methyl sites for hydroxylation is 1. The molecule has 0 saturated carbocycles. The number of nitrogens with one attached hydrogen (secondary N) is 1. The second kappa shape index (κ2) is 6.04. The first-order valence-corrected chi connectivity index (χ1v) is 6.27. The number of amides is 2. The zero-order valence-corrected chi connectivity index (χ0v) is 11.3. The van der Waals surface area contributed by atoms with Gasteiger partial charge < -0.3 is 20.7 Å². The Morgan fingerprint density at radius 2 is 2.24 bits per heavy atom. The molecule has 4 N–H and O–H groups in total. The number of carboxylic acids is 1. The van der Waals surface area contributed by atoms with Crippen LogP contribution in [0.2, 0.25) is 0 Å². The predicted octanol–water partition coefficient (Wildman–Crippen LogP) is 1.88. The van der Waals surface area contributed by atoms with E-state index in [9.17, 15) is 14.7 Å². The molecule has 0 fully saturated rings. The lowest BCUT2D eigenvalue weighted by molar-refractivity contribution is 0.0695. The molecule has 0 spiro atoms. The number of anilines is 1. The Bertz CT molecular complexity index is 681. The number of hydrogen-bond acceptors (Lipinski definition) is 5.